The molecule has 2 N–H and O–H groups in total. The molecule has 0 aliphatic heterocycles. The molecule has 18 heavy (non-hydrogen) atoms. The average molecular weight is 238 g/mol. The molecule has 1 aromatic heterocycles. The van der Waals surface area contributed by atoms with Gasteiger partial charge in [0.15, 0.2) is 0 Å². The van der Waals surface area contributed by atoms with Gasteiger partial charge in [-0.2, -0.15) is 0 Å². The molecule has 92 valence electrons. The highest BCUT2D eigenvalue weighted by molar-refractivity contribution is 5.82. The van der Waals surface area contributed by atoms with Crippen molar-refractivity contribution >= 4 is 10.9 Å². The summed E-state index contributed by atoms with van der Waals surface area (Å²) in [5.74, 6) is 2.52. The maximum Gasteiger partial charge on any atom is 0.0749 e. The molecular weight excluding hydrogens is 220 g/mol. The van der Waals surface area contributed by atoms with Gasteiger partial charge in [0.2, 0.25) is 0 Å². The smallest absolute Gasteiger partial charge is 0.0749 e. The molecule has 0 saturated heterocycles. The van der Waals surface area contributed by atoms with E-state index >= 15 is 0 Å². The lowest BCUT2D eigenvalue weighted by Gasteiger charge is -2.15. The van der Waals surface area contributed by atoms with Crippen LogP contribution in [0.25, 0.3) is 10.9 Å². The quantitative estimate of drug-likeness (QED) is 0.872. The van der Waals surface area contributed by atoms with Gasteiger partial charge in [-0.15, -0.1) is 0 Å². The highest BCUT2D eigenvalue weighted by Crippen LogP contribution is 2.61. The molecule has 1 aromatic carbocycles. The summed E-state index contributed by atoms with van der Waals surface area (Å²) in [4.78, 5) is 4.53. The average Bonchev–Trinajstić information content (AvgIpc) is 2.90. The zero-order valence-electron chi connectivity index (χ0n) is 10.4. The van der Waals surface area contributed by atoms with E-state index in [9.17, 15) is 0 Å². The third kappa shape index (κ3) is 1.42. The molecule has 4 rings (SSSR count). The number of nitrogens with two attached hydrogens (primary N) is 1. The van der Waals surface area contributed by atoms with E-state index in [1.54, 1.807) is 0 Å². The number of hydrogen-bond acceptors (Lipinski definition) is 2. The molecule has 2 aromatic rings. The minimum absolute atomic E-state index is 0.180. The molecule has 2 nitrogen and oxygen atoms in total. The van der Waals surface area contributed by atoms with Gasteiger partial charge in [-0.05, 0) is 42.2 Å². The summed E-state index contributed by atoms with van der Waals surface area (Å²) in [7, 11) is 0. The van der Waals surface area contributed by atoms with Gasteiger partial charge in [-0.3, -0.25) is 4.98 Å². The molecule has 0 bridgehead atoms. The van der Waals surface area contributed by atoms with Gasteiger partial charge in [-0.1, -0.05) is 30.7 Å². The van der Waals surface area contributed by atoms with Gasteiger partial charge in [0.05, 0.1) is 5.52 Å². The second-order valence-corrected chi connectivity index (χ2v) is 5.78. The third-order valence-corrected chi connectivity index (χ3v) is 4.91. The van der Waals surface area contributed by atoms with Crippen LogP contribution in [0.1, 0.15) is 30.9 Å². The summed E-state index contributed by atoms with van der Waals surface area (Å²) in [5, 5.41) is 1.20. The predicted molar refractivity (Wildman–Crippen MR) is 73.0 cm³/mol. The molecule has 2 fully saturated rings. The summed E-state index contributed by atoms with van der Waals surface area (Å²) in [5.41, 5.74) is 8.85. The maximum atomic E-state index is 6.52. The van der Waals surface area contributed by atoms with Gasteiger partial charge in [0, 0.05) is 17.6 Å². The first-order valence-corrected chi connectivity index (χ1v) is 6.95. The van der Waals surface area contributed by atoms with Gasteiger partial charge in [-0.25, -0.2) is 0 Å². The lowest BCUT2D eigenvalue weighted by molar-refractivity contribution is 0.503. The van der Waals surface area contributed by atoms with Crippen molar-refractivity contribution in [1.82, 2.24) is 4.98 Å². The van der Waals surface area contributed by atoms with Crippen LogP contribution in [0.5, 0.6) is 0 Å². The van der Waals surface area contributed by atoms with Crippen LogP contribution in [0, 0.1) is 17.8 Å². The van der Waals surface area contributed by atoms with Crippen LogP contribution in [-0.4, -0.2) is 4.98 Å². The molecule has 3 unspecified atom stereocenters. The third-order valence-electron chi connectivity index (χ3n) is 4.91. The highest BCUT2D eigenvalue weighted by Gasteiger charge is 2.55. The minimum Gasteiger partial charge on any atom is -0.324 e. The van der Waals surface area contributed by atoms with Crippen LogP contribution < -0.4 is 5.73 Å². The standard InChI is InChI=1S/C16H18N2/c17-15(14-11-6-2-7-12(11)14)13-8-1-4-10-5-3-9-18-16(10)13/h1,3-5,8-9,11-12,14-15H,2,6-7,17H2. The Morgan fingerprint density at radius 1 is 1.11 bits per heavy atom. The number of para-hydroxylation sites is 1. The Bertz CT molecular complexity index is 577. The van der Waals surface area contributed by atoms with Crippen LogP contribution >= 0.6 is 0 Å². The van der Waals surface area contributed by atoms with Crippen molar-refractivity contribution in [3.63, 3.8) is 0 Å². The molecule has 2 aliphatic rings. The topological polar surface area (TPSA) is 38.9 Å². The summed E-state index contributed by atoms with van der Waals surface area (Å²) < 4.78 is 0. The summed E-state index contributed by atoms with van der Waals surface area (Å²) in [6, 6.07) is 10.7. The Hall–Kier alpha value is -1.41. The van der Waals surface area contributed by atoms with E-state index in [1.807, 2.05) is 12.3 Å². The molecule has 3 atom stereocenters. The lowest BCUT2D eigenvalue weighted by atomic mass is 9.95. The Morgan fingerprint density at radius 3 is 2.72 bits per heavy atom. The van der Waals surface area contributed by atoms with Crippen LogP contribution in [0.2, 0.25) is 0 Å². The van der Waals surface area contributed by atoms with E-state index in [0.29, 0.717) is 5.92 Å². The van der Waals surface area contributed by atoms with Gasteiger partial charge in [0.25, 0.3) is 0 Å². The van der Waals surface area contributed by atoms with Crippen LogP contribution in [0.15, 0.2) is 36.5 Å². The Morgan fingerprint density at radius 2 is 1.89 bits per heavy atom. The second kappa shape index (κ2) is 3.79. The first kappa shape index (κ1) is 10.5. The monoisotopic (exact) mass is 238 g/mol. The number of fused-ring (bicyclic) bond motifs is 2. The number of rotatable bonds is 2. The van der Waals surface area contributed by atoms with Crippen LogP contribution in [-0.2, 0) is 0 Å². The van der Waals surface area contributed by atoms with Gasteiger partial charge < -0.3 is 5.73 Å². The largest absolute Gasteiger partial charge is 0.324 e. The van der Waals surface area contributed by atoms with E-state index < -0.39 is 0 Å². The Balaban J connectivity index is 1.74. The van der Waals surface area contributed by atoms with E-state index in [-0.39, 0.29) is 6.04 Å². The Kier molecular flexibility index (Phi) is 2.21. The summed E-state index contributed by atoms with van der Waals surface area (Å²) >= 11 is 0. The Labute approximate surface area is 107 Å². The maximum absolute atomic E-state index is 6.52. The van der Waals surface area contributed by atoms with E-state index in [1.165, 1.54) is 30.2 Å². The predicted octanol–water partition coefficient (Wildman–Crippen LogP) is 3.28. The van der Waals surface area contributed by atoms with Crippen LogP contribution in [0.3, 0.4) is 0 Å². The lowest BCUT2D eigenvalue weighted by Crippen LogP contribution is -2.16. The highest BCUT2D eigenvalue weighted by atomic mass is 14.8. The van der Waals surface area contributed by atoms with E-state index in [2.05, 4.69) is 29.2 Å². The SMILES string of the molecule is NC(c1cccc2cccnc12)C1C2CCCC21. The molecule has 0 spiro atoms. The van der Waals surface area contributed by atoms with Crippen molar-refractivity contribution in [3.05, 3.63) is 42.1 Å². The fourth-order valence-electron chi connectivity index (χ4n) is 4.01. The summed E-state index contributed by atoms with van der Waals surface area (Å²) in [6.45, 7) is 0. The molecule has 2 aliphatic carbocycles. The van der Waals surface area contributed by atoms with Crippen molar-refractivity contribution in [2.75, 3.05) is 0 Å². The number of aromatic nitrogens is 1. The number of nitrogens with zero attached hydrogens (tertiary/aromatic N) is 1. The fraction of sp³-hybridized carbons (Fsp3) is 0.438. The minimum atomic E-state index is 0.180. The van der Waals surface area contributed by atoms with E-state index in [4.69, 9.17) is 5.73 Å². The number of benzene rings is 1. The molecule has 0 amide bonds. The first-order chi connectivity index (χ1) is 8.86. The zero-order valence-corrected chi connectivity index (χ0v) is 10.4. The molecule has 0 radical (unpaired) electrons. The van der Waals surface area contributed by atoms with Crippen molar-refractivity contribution in [2.24, 2.45) is 23.5 Å². The second-order valence-electron chi connectivity index (χ2n) is 5.78. The van der Waals surface area contributed by atoms with Crippen molar-refractivity contribution < 1.29 is 0 Å². The van der Waals surface area contributed by atoms with E-state index in [0.717, 1.165) is 17.4 Å². The fourth-order valence-corrected chi connectivity index (χ4v) is 4.01. The van der Waals surface area contributed by atoms with Gasteiger partial charge in [0.1, 0.15) is 0 Å². The number of pyridine rings is 1. The number of hydrogen-bond donors (Lipinski definition) is 1. The normalized spacial score (nSPS) is 31.3. The molecule has 2 heteroatoms. The molecule has 1 heterocycles. The summed E-state index contributed by atoms with van der Waals surface area (Å²) in [6.07, 6.45) is 6.06. The van der Waals surface area contributed by atoms with Gasteiger partial charge >= 0.3 is 0 Å². The van der Waals surface area contributed by atoms with Crippen molar-refractivity contribution in [3.8, 4) is 0 Å². The molecule has 2 saturated carbocycles. The van der Waals surface area contributed by atoms with Crippen LogP contribution in [0.4, 0.5) is 0 Å². The molecular formula is C16H18N2. The first-order valence-electron chi connectivity index (χ1n) is 6.95. The van der Waals surface area contributed by atoms with Crippen molar-refractivity contribution in [1.29, 1.82) is 0 Å². The zero-order chi connectivity index (χ0) is 12.1. The van der Waals surface area contributed by atoms with Crippen molar-refractivity contribution in [2.45, 2.75) is 25.3 Å².